The van der Waals surface area contributed by atoms with Crippen LogP contribution in [0.4, 0.5) is 5.95 Å². The van der Waals surface area contributed by atoms with Crippen LogP contribution in [0.5, 0.6) is 5.75 Å². The molecule has 0 amide bonds. The lowest BCUT2D eigenvalue weighted by Gasteiger charge is -2.28. The van der Waals surface area contributed by atoms with Crippen molar-refractivity contribution in [1.29, 1.82) is 0 Å². The van der Waals surface area contributed by atoms with E-state index in [4.69, 9.17) is 32.7 Å². The topological polar surface area (TPSA) is 78.3 Å². The van der Waals surface area contributed by atoms with Crippen LogP contribution in [0.2, 0.25) is 10.0 Å². The first-order valence-electron chi connectivity index (χ1n) is 10.2. The van der Waals surface area contributed by atoms with E-state index in [-0.39, 0.29) is 5.97 Å². The van der Waals surface area contributed by atoms with Crippen molar-refractivity contribution in [3.8, 4) is 5.75 Å². The number of carbonyl (C=O) groups is 1. The largest absolute Gasteiger partial charge is 0.489 e. The predicted octanol–water partition coefficient (Wildman–Crippen LogP) is 5.41. The van der Waals surface area contributed by atoms with Gasteiger partial charge in [0.1, 0.15) is 24.7 Å². The molecule has 1 aromatic heterocycles. The van der Waals surface area contributed by atoms with Gasteiger partial charge in [-0.15, -0.1) is 0 Å². The molecular weight excluding hydrogens is 451 g/mol. The van der Waals surface area contributed by atoms with E-state index >= 15 is 0 Å². The number of fused-ring (bicyclic) bond motifs is 1. The van der Waals surface area contributed by atoms with E-state index in [1.54, 1.807) is 16.8 Å². The molecule has 1 N–H and O–H groups in total. The summed E-state index contributed by atoms with van der Waals surface area (Å²) in [5.41, 5.74) is 2.97. The van der Waals surface area contributed by atoms with Gasteiger partial charge in [0.05, 0.1) is 22.2 Å². The molecule has 1 unspecified atom stereocenters. The van der Waals surface area contributed by atoms with Gasteiger partial charge in [-0.1, -0.05) is 48.3 Å². The summed E-state index contributed by atoms with van der Waals surface area (Å²) in [6.07, 6.45) is 2.20. The van der Waals surface area contributed by atoms with Crippen LogP contribution in [0.25, 0.3) is 0 Å². The summed E-state index contributed by atoms with van der Waals surface area (Å²) < 4.78 is 13.0. The molecule has 32 heavy (non-hydrogen) atoms. The van der Waals surface area contributed by atoms with Crippen molar-refractivity contribution in [1.82, 2.24) is 14.8 Å². The molecule has 1 aliphatic heterocycles. The number of halogens is 2. The number of anilines is 1. The number of ether oxygens (including phenoxy) is 2. The van der Waals surface area contributed by atoms with Gasteiger partial charge in [-0.05, 0) is 48.7 Å². The molecule has 0 aliphatic carbocycles. The van der Waals surface area contributed by atoms with Crippen molar-refractivity contribution >= 4 is 35.1 Å². The van der Waals surface area contributed by atoms with Crippen molar-refractivity contribution in [2.45, 2.75) is 32.9 Å². The van der Waals surface area contributed by atoms with E-state index in [2.05, 4.69) is 15.4 Å². The van der Waals surface area contributed by atoms with Gasteiger partial charge in [0.15, 0.2) is 0 Å². The Bertz CT molecular complexity index is 1160. The number of hydrogen-bond donors (Lipinski definition) is 1. The number of carbonyl (C=O) groups excluding carboxylic acids is 1. The smallest absolute Gasteiger partial charge is 0.338 e. The molecule has 0 saturated carbocycles. The Morgan fingerprint density at radius 3 is 2.66 bits per heavy atom. The highest BCUT2D eigenvalue weighted by Gasteiger charge is 2.34. The molecule has 4 rings (SSSR count). The van der Waals surface area contributed by atoms with Crippen molar-refractivity contribution in [2.24, 2.45) is 0 Å². The minimum Gasteiger partial charge on any atom is -0.489 e. The third-order valence-electron chi connectivity index (χ3n) is 5.04. The average Bonchev–Trinajstić information content (AvgIpc) is 3.25. The lowest BCUT2D eigenvalue weighted by molar-refractivity contribution is -0.139. The second kappa shape index (κ2) is 9.63. The maximum absolute atomic E-state index is 12.8. The van der Waals surface area contributed by atoms with Crippen molar-refractivity contribution < 1.29 is 14.3 Å². The normalized spacial score (nSPS) is 15.2. The quantitative estimate of drug-likeness (QED) is 0.463. The van der Waals surface area contributed by atoms with Gasteiger partial charge in [-0.2, -0.15) is 10.1 Å². The van der Waals surface area contributed by atoms with Crippen molar-refractivity contribution in [3.63, 3.8) is 0 Å². The number of esters is 1. The molecule has 0 fully saturated rings. The van der Waals surface area contributed by atoms with E-state index in [0.717, 1.165) is 17.5 Å². The zero-order valence-electron chi connectivity index (χ0n) is 17.6. The minimum absolute atomic E-state index is 0.352. The van der Waals surface area contributed by atoms with Gasteiger partial charge in [-0.25, -0.2) is 9.48 Å². The molecule has 1 aliphatic rings. The summed E-state index contributed by atoms with van der Waals surface area (Å²) in [4.78, 5) is 17.1. The molecule has 0 spiro atoms. The molecule has 1 atom stereocenters. The van der Waals surface area contributed by atoms with E-state index in [9.17, 15) is 4.79 Å². The highest BCUT2D eigenvalue weighted by atomic mass is 35.5. The highest BCUT2D eigenvalue weighted by molar-refractivity contribution is 6.42. The maximum atomic E-state index is 12.8. The van der Waals surface area contributed by atoms with E-state index < -0.39 is 6.04 Å². The fourth-order valence-electron chi connectivity index (χ4n) is 3.48. The van der Waals surface area contributed by atoms with E-state index in [0.29, 0.717) is 46.2 Å². The Labute approximate surface area is 196 Å². The van der Waals surface area contributed by atoms with Crippen LogP contribution in [0.1, 0.15) is 37.4 Å². The molecule has 0 bridgehead atoms. The van der Waals surface area contributed by atoms with Gasteiger partial charge < -0.3 is 14.8 Å². The summed E-state index contributed by atoms with van der Waals surface area (Å²) in [6, 6.07) is 12.5. The monoisotopic (exact) mass is 472 g/mol. The van der Waals surface area contributed by atoms with Crippen LogP contribution in [0.15, 0.2) is 60.1 Å². The van der Waals surface area contributed by atoms with Gasteiger partial charge in [0.25, 0.3) is 0 Å². The zero-order valence-corrected chi connectivity index (χ0v) is 19.2. The third-order valence-corrected chi connectivity index (χ3v) is 5.78. The second-order valence-electron chi connectivity index (χ2n) is 7.34. The average molecular weight is 473 g/mol. The number of rotatable bonds is 7. The van der Waals surface area contributed by atoms with E-state index in [1.807, 2.05) is 44.2 Å². The summed E-state index contributed by atoms with van der Waals surface area (Å²) >= 11 is 12.0. The Morgan fingerprint density at radius 1 is 1.16 bits per heavy atom. The molecule has 0 radical (unpaired) electrons. The Morgan fingerprint density at radius 2 is 1.94 bits per heavy atom. The SMILES string of the molecule is CCCOC(=O)C1=C(C)Nc2ncnn2C1c1ccc(OCc2ccc(Cl)c(Cl)c2)cc1. The Balaban J connectivity index is 1.57. The lowest BCUT2D eigenvalue weighted by Crippen LogP contribution is -2.29. The molecule has 9 heteroatoms. The lowest BCUT2D eigenvalue weighted by atomic mass is 9.96. The second-order valence-corrected chi connectivity index (χ2v) is 8.15. The molecule has 2 heterocycles. The Kier molecular flexibility index (Phi) is 6.67. The van der Waals surface area contributed by atoms with Crippen LogP contribution in [-0.2, 0) is 16.1 Å². The summed E-state index contributed by atoms with van der Waals surface area (Å²) in [5, 5.41) is 8.44. The minimum atomic E-state index is -0.456. The van der Waals surface area contributed by atoms with Crippen molar-refractivity contribution in [2.75, 3.05) is 11.9 Å². The Hall–Kier alpha value is -3.03. The number of aromatic nitrogens is 3. The van der Waals surface area contributed by atoms with Gasteiger partial charge in [0, 0.05) is 5.70 Å². The summed E-state index contributed by atoms with van der Waals surface area (Å²) in [6.45, 7) is 4.50. The fourth-order valence-corrected chi connectivity index (χ4v) is 3.80. The predicted molar refractivity (Wildman–Crippen MR) is 123 cm³/mol. The third kappa shape index (κ3) is 4.59. The van der Waals surface area contributed by atoms with Crippen LogP contribution < -0.4 is 10.1 Å². The number of benzene rings is 2. The first-order valence-corrected chi connectivity index (χ1v) is 10.9. The van der Waals surface area contributed by atoms with E-state index in [1.165, 1.54) is 6.33 Å². The van der Waals surface area contributed by atoms with Gasteiger partial charge >= 0.3 is 5.97 Å². The van der Waals surface area contributed by atoms with Crippen molar-refractivity contribution in [3.05, 3.63) is 81.2 Å². The van der Waals surface area contributed by atoms with Gasteiger partial charge in [0.2, 0.25) is 5.95 Å². The van der Waals surface area contributed by atoms with Crippen LogP contribution in [0.3, 0.4) is 0 Å². The molecule has 3 aromatic rings. The van der Waals surface area contributed by atoms with Gasteiger partial charge in [-0.3, -0.25) is 0 Å². The molecule has 166 valence electrons. The first kappa shape index (κ1) is 22.2. The fraction of sp³-hybridized carbons (Fsp3) is 0.261. The number of nitrogens with one attached hydrogen (secondary N) is 1. The van der Waals surface area contributed by atoms with Crippen LogP contribution in [0, 0.1) is 0 Å². The zero-order chi connectivity index (χ0) is 22.7. The standard InChI is InChI=1S/C23H22Cl2N4O3/c1-3-10-31-22(30)20-14(2)28-23-26-13-27-29(23)21(20)16-5-7-17(8-6-16)32-12-15-4-9-18(24)19(25)11-15/h4-9,11,13,21H,3,10,12H2,1-2H3,(H,26,27,28). The number of allylic oxidation sites excluding steroid dienone is 1. The summed E-state index contributed by atoms with van der Waals surface area (Å²) in [7, 11) is 0. The summed E-state index contributed by atoms with van der Waals surface area (Å²) in [5.74, 6) is 0.880. The van der Waals surface area contributed by atoms with Crippen LogP contribution >= 0.6 is 23.2 Å². The number of hydrogen-bond acceptors (Lipinski definition) is 6. The number of nitrogens with zero attached hydrogens (tertiary/aromatic N) is 3. The highest BCUT2D eigenvalue weighted by Crippen LogP contribution is 2.36. The first-order chi connectivity index (χ1) is 15.5. The molecule has 7 nitrogen and oxygen atoms in total. The molecule has 2 aromatic carbocycles. The van der Waals surface area contributed by atoms with Crippen LogP contribution in [-0.4, -0.2) is 27.3 Å². The molecule has 0 saturated heterocycles. The maximum Gasteiger partial charge on any atom is 0.338 e. The molecular formula is C23H22Cl2N4O3.